The van der Waals surface area contributed by atoms with Gasteiger partial charge in [0.25, 0.3) is 0 Å². The van der Waals surface area contributed by atoms with Gasteiger partial charge in [0.15, 0.2) is 0 Å². The molecule has 4 nitrogen and oxygen atoms in total. The molecule has 0 aliphatic rings. The largest absolute Gasteiger partial charge is 0.495 e. The summed E-state index contributed by atoms with van der Waals surface area (Å²) in [6.07, 6.45) is 0.570. The Kier molecular flexibility index (Phi) is 5.94. The molecule has 0 fully saturated rings. The van der Waals surface area contributed by atoms with Gasteiger partial charge in [0, 0.05) is 23.4 Å². The molecule has 0 atom stereocenters. The van der Waals surface area contributed by atoms with Crippen LogP contribution in [-0.2, 0) is 9.84 Å². The molecular weight excluding hydrogens is 286 g/mol. The van der Waals surface area contributed by atoms with E-state index >= 15 is 0 Å². The number of halogens is 1. The molecule has 0 heterocycles. The fourth-order valence-corrected chi connectivity index (χ4v) is 2.66. The van der Waals surface area contributed by atoms with Gasteiger partial charge in [0.1, 0.15) is 15.6 Å². The van der Waals surface area contributed by atoms with Crippen LogP contribution in [0.4, 0.5) is 5.69 Å². The number of ether oxygens (including phenoxy) is 1. The zero-order valence-electron chi connectivity index (χ0n) is 11.5. The molecule has 1 aromatic rings. The Morgan fingerprint density at radius 1 is 1.37 bits per heavy atom. The maximum atomic E-state index is 11.4. The Morgan fingerprint density at radius 3 is 2.63 bits per heavy atom. The Balaban J connectivity index is 2.61. The number of anilines is 1. The second-order valence-corrected chi connectivity index (χ2v) is 7.20. The smallest absolute Gasteiger partial charge is 0.150 e. The molecule has 0 radical (unpaired) electrons. The van der Waals surface area contributed by atoms with Crippen molar-refractivity contribution in [3.05, 3.63) is 22.7 Å². The zero-order valence-corrected chi connectivity index (χ0v) is 13.1. The van der Waals surface area contributed by atoms with Gasteiger partial charge in [0.05, 0.1) is 18.6 Å². The fraction of sp³-hybridized carbons (Fsp3) is 0.538. The van der Waals surface area contributed by atoms with Gasteiger partial charge < -0.3 is 10.1 Å². The summed E-state index contributed by atoms with van der Waals surface area (Å²) >= 11 is 6.02. The van der Waals surface area contributed by atoms with Crippen molar-refractivity contribution >= 4 is 27.1 Å². The highest BCUT2D eigenvalue weighted by molar-refractivity contribution is 7.91. The Labute approximate surface area is 120 Å². The average molecular weight is 306 g/mol. The lowest BCUT2D eigenvalue weighted by atomic mass is 10.2. The van der Waals surface area contributed by atoms with E-state index in [-0.39, 0.29) is 11.5 Å². The average Bonchev–Trinajstić information content (AvgIpc) is 2.38. The highest BCUT2D eigenvalue weighted by Gasteiger charge is 2.09. The first-order chi connectivity index (χ1) is 8.89. The van der Waals surface area contributed by atoms with Crippen LogP contribution >= 0.6 is 11.6 Å². The van der Waals surface area contributed by atoms with Gasteiger partial charge in [-0.2, -0.15) is 0 Å². The Hall–Kier alpha value is -0.940. The number of hydrogen-bond acceptors (Lipinski definition) is 4. The van der Waals surface area contributed by atoms with Gasteiger partial charge >= 0.3 is 0 Å². The number of benzene rings is 1. The molecule has 0 saturated heterocycles. The molecule has 0 amide bonds. The second kappa shape index (κ2) is 7.01. The molecule has 0 aliphatic heterocycles. The van der Waals surface area contributed by atoms with Crippen LogP contribution < -0.4 is 10.1 Å². The molecule has 6 heteroatoms. The Bertz CT molecular complexity index is 529. The summed E-state index contributed by atoms with van der Waals surface area (Å²) < 4.78 is 28.0. The molecule has 0 aliphatic carbocycles. The summed E-state index contributed by atoms with van der Waals surface area (Å²) in [5.74, 6) is 1.05. The van der Waals surface area contributed by atoms with Gasteiger partial charge in [-0.1, -0.05) is 18.5 Å². The van der Waals surface area contributed by atoms with E-state index in [9.17, 15) is 8.42 Å². The summed E-state index contributed by atoms with van der Waals surface area (Å²) in [4.78, 5) is 0. The van der Waals surface area contributed by atoms with Crippen molar-refractivity contribution in [1.29, 1.82) is 0 Å². The normalized spacial score (nSPS) is 11.4. The first kappa shape index (κ1) is 16.1. The first-order valence-electron chi connectivity index (χ1n) is 6.18. The third-order valence-corrected chi connectivity index (χ3v) is 5.07. The molecule has 0 aromatic heterocycles. The molecular formula is C13H20ClNO3S. The van der Waals surface area contributed by atoms with E-state index in [1.165, 1.54) is 0 Å². The van der Waals surface area contributed by atoms with Crippen LogP contribution in [0.1, 0.15) is 18.9 Å². The molecule has 0 saturated carbocycles. The number of rotatable bonds is 7. The molecule has 0 bridgehead atoms. The number of hydrogen-bond donors (Lipinski definition) is 1. The van der Waals surface area contributed by atoms with Gasteiger partial charge in [0.2, 0.25) is 0 Å². The van der Waals surface area contributed by atoms with Crippen LogP contribution in [0.15, 0.2) is 12.1 Å². The van der Waals surface area contributed by atoms with Gasteiger partial charge in [-0.15, -0.1) is 0 Å². The molecule has 0 spiro atoms. The second-order valence-electron chi connectivity index (χ2n) is 4.32. The van der Waals surface area contributed by atoms with Crippen molar-refractivity contribution in [3.63, 3.8) is 0 Å². The topological polar surface area (TPSA) is 55.4 Å². The van der Waals surface area contributed by atoms with Gasteiger partial charge in [-0.3, -0.25) is 0 Å². The molecule has 19 heavy (non-hydrogen) atoms. The summed E-state index contributed by atoms with van der Waals surface area (Å²) in [7, 11) is -1.32. The lowest BCUT2D eigenvalue weighted by molar-refractivity contribution is 0.416. The monoisotopic (exact) mass is 305 g/mol. The number of methoxy groups -OCH3 is 1. The number of aryl methyl sites for hydroxylation is 1. The van der Waals surface area contributed by atoms with E-state index in [2.05, 4.69) is 5.32 Å². The van der Waals surface area contributed by atoms with E-state index in [1.807, 2.05) is 13.0 Å². The summed E-state index contributed by atoms with van der Waals surface area (Å²) in [5.41, 5.74) is 1.78. The van der Waals surface area contributed by atoms with Crippen LogP contribution in [0, 0.1) is 6.92 Å². The van der Waals surface area contributed by atoms with Crippen molar-refractivity contribution in [1.82, 2.24) is 0 Å². The summed E-state index contributed by atoms with van der Waals surface area (Å²) in [6.45, 7) is 4.15. The van der Waals surface area contributed by atoms with Crippen LogP contribution in [0.5, 0.6) is 5.75 Å². The lowest BCUT2D eigenvalue weighted by Gasteiger charge is -2.13. The van der Waals surface area contributed by atoms with E-state index in [1.54, 1.807) is 20.1 Å². The van der Waals surface area contributed by atoms with Crippen molar-refractivity contribution in [2.24, 2.45) is 0 Å². The molecule has 108 valence electrons. The highest BCUT2D eigenvalue weighted by Crippen LogP contribution is 2.30. The predicted octanol–water partition coefficient (Wildman–Crippen LogP) is 2.89. The Morgan fingerprint density at radius 2 is 2.05 bits per heavy atom. The van der Waals surface area contributed by atoms with E-state index in [4.69, 9.17) is 16.3 Å². The minimum Gasteiger partial charge on any atom is -0.495 e. The third-order valence-electron chi connectivity index (χ3n) is 2.87. The number of nitrogens with one attached hydrogen (secondary N) is 1. The van der Waals surface area contributed by atoms with Crippen molar-refractivity contribution in [2.45, 2.75) is 20.3 Å². The van der Waals surface area contributed by atoms with Crippen LogP contribution in [0.2, 0.25) is 5.02 Å². The quantitative estimate of drug-likeness (QED) is 0.787. The molecule has 1 aromatic carbocycles. The maximum absolute atomic E-state index is 11.4. The van der Waals surface area contributed by atoms with E-state index in [0.29, 0.717) is 23.7 Å². The zero-order chi connectivity index (χ0) is 14.5. The predicted molar refractivity (Wildman–Crippen MR) is 80.2 cm³/mol. The molecule has 1 N–H and O–H groups in total. The van der Waals surface area contributed by atoms with Gasteiger partial charge in [-0.05, 0) is 25.0 Å². The third kappa shape index (κ3) is 4.91. The van der Waals surface area contributed by atoms with Crippen molar-refractivity contribution in [3.8, 4) is 5.75 Å². The van der Waals surface area contributed by atoms with Gasteiger partial charge in [-0.25, -0.2) is 8.42 Å². The van der Waals surface area contributed by atoms with Crippen molar-refractivity contribution < 1.29 is 13.2 Å². The SMILES string of the molecule is CCS(=O)(=O)CCCNc1cc(C)c(Cl)cc1OC. The standard InChI is InChI=1S/C13H20ClNO3S/c1-4-19(16,17)7-5-6-15-12-8-10(2)11(14)9-13(12)18-3/h8-9,15H,4-7H2,1-3H3. The van der Waals surface area contributed by atoms with Crippen molar-refractivity contribution in [2.75, 3.05) is 30.5 Å². The van der Waals surface area contributed by atoms with Crippen LogP contribution in [0.3, 0.4) is 0 Å². The highest BCUT2D eigenvalue weighted by atomic mass is 35.5. The molecule has 1 rings (SSSR count). The number of sulfone groups is 1. The van der Waals surface area contributed by atoms with E-state index in [0.717, 1.165) is 11.3 Å². The summed E-state index contributed by atoms with van der Waals surface area (Å²) in [5, 5.41) is 3.83. The van der Waals surface area contributed by atoms with Crippen LogP contribution in [-0.4, -0.2) is 33.6 Å². The minimum absolute atomic E-state index is 0.191. The lowest BCUT2D eigenvalue weighted by Crippen LogP contribution is -2.13. The summed E-state index contributed by atoms with van der Waals surface area (Å²) in [6, 6.07) is 3.65. The van der Waals surface area contributed by atoms with E-state index < -0.39 is 9.84 Å². The molecule has 0 unspecified atom stereocenters. The first-order valence-corrected chi connectivity index (χ1v) is 8.38. The minimum atomic E-state index is -2.90. The van der Waals surface area contributed by atoms with Crippen LogP contribution in [0.25, 0.3) is 0 Å². The fourth-order valence-electron chi connectivity index (χ4n) is 1.63. The maximum Gasteiger partial charge on any atom is 0.150 e.